The van der Waals surface area contributed by atoms with E-state index in [-0.39, 0.29) is 6.54 Å². The summed E-state index contributed by atoms with van der Waals surface area (Å²) in [7, 11) is 0. The van der Waals surface area contributed by atoms with Crippen LogP contribution in [0.15, 0.2) is 29.2 Å². The molecular formula is C9H13NOS. The summed E-state index contributed by atoms with van der Waals surface area (Å²) in [6.07, 6.45) is 1.45. The van der Waals surface area contributed by atoms with Gasteiger partial charge in [-0.2, -0.15) is 0 Å². The fourth-order valence-electron chi connectivity index (χ4n) is 1.07. The number of nitrogens with two attached hydrogens (primary N) is 1. The van der Waals surface area contributed by atoms with Gasteiger partial charge in [-0.05, 0) is 17.9 Å². The van der Waals surface area contributed by atoms with E-state index in [4.69, 9.17) is 5.73 Å². The van der Waals surface area contributed by atoms with Gasteiger partial charge >= 0.3 is 0 Å². The van der Waals surface area contributed by atoms with Crippen LogP contribution in [0.3, 0.4) is 0 Å². The first-order chi connectivity index (χ1) is 5.79. The number of thioether (sulfide) groups is 1. The Bertz CT molecular complexity index is 252. The molecule has 0 fully saturated rings. The highest BCUT2D eigenvalue weighted by molar-refractivity contribution is 7.98. The van der Waals surface area contributed by atoms with E-state index < -0.39 is 6.10 Å². The van der Waals surface area contributed by atoms with Gasteiger partial charge in [-0.3, -0.25) is 0 Å². The van der Waals surface area contributed by atoms with Crippen LogP contribution in [0.1, 0.15) is 11.7 Å². The molecule has 0 unspecified atom stereocenters. The van der Waals surface area contributed by atoms with Crippen molar-refractivity contribution in [3.63, 3.8) is 0 Å². The Labute approximate surface area is 76.8 Å². The molecule has 0 amide bonds. The smallest absolute Gasteiger partial charge is 0.0923 e. The lowest BCUT2D eigenvalue weighted by Crippen LogP contribution is -2.12. The Morgan fingerprint density at radius 3 is 2.75 bits per heavy atom. The fraction of sp³-hybridized carbons (Fsp3) is 0.333. The van der Waals surface area contributed by atoms with Gasteiger partial charge in [0, 0.05) is 11.4 Å². The lowest BCUT2D eigenvalue weighted by Gasteiger charge is -2.11. The monoisotopic (exact) mass is 183 g/mol. The van der Waals surface area contributed by atoms with Crippen molar-refractivity contribution in [1.82, 2.24) is 0 Å². The Morgan fingerprint density at radius 2 is 2.17 bits per heavy atom. The minimum atomic E-state index is -0.534. The molecule has 0 saturated carbocycles. The van der Waals surface area contributed by atoms with Gasteiger partial charge in [0.1, 0.15) is 0 Å². The van der Waals surface area contributed by atoms with Crippen LogP contribution in [0.4, 0.5) is 0 Å². The molecule has 0 spiro atoms. The van der Waals surface area contributed by atoms with Gasteiger partial charge in [-0.25, -0.2) is 0 Å². The number of aliphatic hydroxyl groups is 1. The molecule has 66 valence electrons. The van der Waals surface area contributed by atoms with E-state index in [1.54, 1.807) is 11.8 Å². The predicted octanol–water partition coefficient (Wildman–Crippen LogP) is 1.40. The zero-order valence-electron chi connectivity index (χ0n) is 7.03. The molecule has 3 heteroatoms. The van der Waals surface area contributed by atoms with E-state index >= 15 is 0 Å². The summed E-state index contributed by atoms with van der Waals surface area (Å²) >= 11 is 1.62. The lowest BCUT2D eigenvalue weighted by atomic mass is 10.1. The SMILES string of the molecule is CSc1ccccc1[C@H](O)CN. The third-order valence-corrected chi connectivity index (χ3v) is 2.53. The lowest BCUT2D eigenvalue weighted by molar-refractivity contribution is 0.184. The Hall–Kier alpha value is -0.510. The quantitative estimate of drug-likeness (QED) is 0.696. The molecule has 3 N–H and O–H groups in total. The van der Waals surface area contributed by atoms with Crippen molar-refractivity contribution >= 4 is 11.8 Å². The molecule has 2 nitrogen and oxygen atoms in total. The van der Waals surface area contributed by atoms with Crippen LogP contribution >= 0.6 is 11.8 Å². The van der Waals surface area contributed by atoms with Crippen LogP contribution in [0.25, 0.3) is 0 Å². The number of hydrogen-bond donors (Lipinski definition) is 2. The van der Waals surface area contributed by atoms with Gasteiger partial charge in [-0.15, -0.1) is 11.8 Å². The van der Waals surface area contributed by atoms with Gasteiger partial charge < -0.3 is 10.8 Å². The van der Waals surface area contributed by atoms with Crippen molar-refractivity contribution < 1.29 is 5.11 Å². The number of hydrogen-bond acceptors (Lipinski definition) is 3. The first-order valence-corrected chi connectivity index (χ1v) is 5.03. The minimum absolute atomic E-state index is 0.275. The molecule has 0 aliphatic heterocycles. The molecule has 0 aliphatic rings. The van der Waals surface area contributed by atoms with E-state index in [0.29, 0.717) is 0 Å². The molecule has 0 radical (unpaired) electrons. The average molecular weight is 183 g/mol. The largest absolute Gasteiger partial charge is 0.387 e. The second-order valence-corrected chi connectivity index (χ2v) is 3.34. The van der Waals surface area contributed by atoms with Crippen molar-refractivity contribution in [1.29, 1.82) is 0 Å². The van der Waals surface area contributed by atoms with E-state index in [0.717, 1.165) is 10.5 Å². The van der Waals surface area contributed by atoms with Gasteiger partial charge in [0.15, 0.2) is 0 Å². The van der Waals surface area contributed by atoms with Crippen molar-refractivity contribution in [3.8, 4) is 0 Å². The van der Waals surface area contributed by atoms with Crippen molar-refractivity contribution in [2.75, 3.05) is 12.8 Å². The topological polar surface area (TPSA) is 46.2 Å². The molecular weight excluding hydrogens is 170 g/mol. The summed E-state index contributed by atoms with van der Waals surface area (Å²) in [5.74, 6) is 0. The van der Waals surface area contributed by atoms with Gasteiger partial charge in [0.25, 0.3) is 0 Å². The molecule has 0 aromatic heterocycles. The minimum Gasteiger partial charge on any atom is -0.387 e. The van der Waals surface area contributed by atoms with Crippen LogP contribution in [-0.4, -0.2) is 17.9 Å². The standard InChI is InChI=1S/C9H13NOS/c1-12-9-5-3-2-4-7(9)8(11)6-10/h2-5,8,11H,6,10H2,1H3/t8-/m1/s1. The number of benzene rings is 1. The summed E-state index contributed by atoms with van der Waals surface area (Å²) in [5, 5.41) is 9.50. The summed E-state index contributed by atoms with van der Waals surface area (Å²) < 4.78 is 0. The average Bonchev–Trinajstić information content (AvgIpc) is 2.16. The van der Waals surface area contributed by atoms with Gasteiger partial charge in [0.05, 0.1) is 6.10 Å². The van der Waals surface area contributed by atoms with E-state index in [1.807, 2.05) is 30.5 Å². The summed E-state index contributed by atoms with van der Waals surface area (Å²) in [6.45, 7) is 0.275. The Kier molecular flexibility index (Phi) is 3.59. The highest BCUT2D eigenvalue weighted by Gasteiger charge is 2.08. The van der Waals surface area contributed by atoms with E-state index in [9.17, 15) is 5.11 Å². The molecule has 1 aromatic rings. The fourth-order valence-corrected chi connectivity index (χ4v) is 1.72. The zero-order valence-corrected chi connectivity index (χ0v) is 7.84. The second kappa shape index (κ2) is 4.50. The van der Waals surface area contributed by atoms with Crippen LogP contribution in [0.2, 0.25) is 0 Å². The predicted molar refractivity (Wildman–Crippen MR) is 52.2 cm³/mol. The first kappa shape index (κ1) is 9.58. The van der Waals surface area contributed by atoms with E-state index in [2.05, 4.69) is 0 Å². The normalized spacial score (nSPS) is 12.9. The molecule has 0 bridgehead atoms. The van der Waals surface area contributed by atoms with Crippen LogP contribution in [0, 0.1) is 0 Å². The Morgan fingerprint density at radius 1 is 1.50 bits per heavy atom. The second-order valence-electron chi connectivity index (χ2n) is 2.49. The van der Waals surface area contributed by atoms with Gasteiger partial charge in [0.2, 0.25) is 0 Å². The molecule has 0 heterocycles. The van der Waals surface area contributed by atoms with Crippen molar-refractivity contribution in [3.05, 3.63) is 29.8 Å². The first-order valence-electron chi connectivity index (χ1n) is 3.80. The zero-order chi connectivity index (χ0) is 8.97. The summed E-state index contributed by atoms with van der Waals surface area (Å²) in [5.41, 5.74) is 6.29. The number of rotatable bonds is 3. The summed E-state index contributed by atoms with van der Waals surface area (Å²) in [6, 6.07) is 7.76. The van der Waals surface area contributed by atoms with Crippen LogP contribution < -0.4 is 5.73 Å². The highest BCUT2D eigenvalue weighted by atomic mass is 32.2. The molecule has 1 aromatic carbocycles. The molecule has 1 atom stereocenters. The maximum Gasteiger partial charge on any atom is 0.0923 e. The maximum absolute atomic E-state index is 9.50. The molecule has 0 aliphatic carbocycles. The van der Waals surface area contributed by atoms with Crippen LogP contribution in [-0.2, 0) is 0 Å². The molecule has 12 heavy (non-hydrogen) atoms. The van der Waals surface area contributed by atoms with Crippen molar-refractivity contribution in [2.24, 2.45) is 5.73 Å². The maximum atomic E-state index is 9.50. The van der Waals surface area contributed by atoms with E-state index in [1.165, 1.54) is 0 Å². The van der Waals surface area contributed by atoms with Crippen molar-refractivity contribution in [2.45, 2.75) is 11.0 Å². The molecule has 0 saturated heterocycles. The molecule has 1 rings (SSSR count). The Balaban J connectivity index is 2.96. The third kappa shape index (κ3) is 2.00. The van der Waals surface area contributed by atoms with Crippen LogP contribution in [0.5, 0.6) is 0 Å². The number of aliphatic hydroxyl groups excluding tert-OH is 1. The van der Waals surface area contributed by atoms with Gasteiger partial charge in [-0.1, -0.05) is 18.2 Å². The highest BCUT2D eigenvalue weighted by Crippen LogP contribution is 2.24. The third-order valence-electron chi connectivity index (χ3n) is 1.72. The summed E-state index contributed by atoms with van der Waals surface area (Å²) in [4.78, 5) is 1.09.